The van der Waals surface area contributed by atoms with Gasteiger partial charge in [0.2, 0.25) is 0 Å². The minimum absolute atomic E-state index is 0.0394. The molecule has 1 aromatic rings. The Labute approximate surface area is 98.9 Å². The van der Waals surface area contributed by atoms with Crippen molar-refractivity contribution in [3.05, 3.63) is 29.1 Å². The Balaban J connectivity index is 2.66. The number of rotatable bonds is 2. The molecule has 0 amide bonds. The van der Waals surface area contributed by atoms with Gasteiger partial charge in [-0.05, 0) is 31.4 Å². The molecule has 0 aromatic heterocycles. The van der Waals surface area contributed by atoms with Crippen LogP contribution in [-0.4, -0.2) is 16.2 Å². The molecule has 1 aromatic carbocycles. The van der Waals surface area contributed by atoms with Crippen molar-refractivity contribution in [2.45, 2.75) is 38.0 Å². The smallest absolute Gasteiger partial charge is 0.314 e. The van der Waals surface area contributed by atoms with Crippen LogP contribution >= 0.6 is 0 Å². The van der Waals surface area contributed by atoms with Crippen LogP contribution in [0.4, 0.5) is 4.39 Å². The van der Waals surface area contributed by atoms with Crippen molar-refractivity contribution in [2.75, 3.05) is 0 Å². The average molecular weight is 238 g/mol. The van der Waals surface area contributed by atoms with Crippen molar-refractivity contribution in [3.8, 4) is 5.75 Å². The summed E-state index contributed by atoms with van der Waals surface area (Å²) in [4.78, 5) is 11.5. The topological polar surface area (TPSA) is 57.5 Å². The average Bonchev–Trinajstić information content (AvgIpc) is 2.74. The fourth-order valence-electron chi connectivity index (χ4n) is 2.68. The van der Waals surface area contributed by atoms with Gasteiger partial charge in [0.25, 0.3) is 0 Å². The molecule has 0 aliphatic heterocycles. The predicted octanol–water partition coefficient (Wildman–Crippen LogP) is 2.74. The van der Waals surface area contributed by atoms with E-state index in [1.165, 1.54) is 12.1 Å². The molecule has 1 aliphatic rings. The van der Waals surface area contributed by atoms with Gasteiger partial charge in [0.1, 0.15) is 11.6 Å². The van der Waals surface area contributed by atoms with E-state index in [0.29, 0.717) is 18.4 Å². The van der Waals surface area contributed by atoms with E-state index in [-0.39, 0.29) is 11.3 Å². The monoisotopic (exact) mass is 238 g/mol. The van der Waals surface area contributed by atoms with Crippen molar-refractivity contribution in [1.82, 2.24) is 0 Å². The maximum absolute atomic E-state index is 13.9. The lowest BCUT2D eigenvalue weighted by Gasteiger charge is -2.26. The number of carboxylic acids is 1. The highest BCUT2D eigenvalue weighted by molar-refractivity contribution is 5.83. The Morgan fingerprint density at radius 1 is 1.35 bits per heavy atom. The molecule has 1 fully saturated rings. The summed E-state index contributed by atoms with van der Waals surface area (Å²) in [5, 5.41) is 19.3. The van der Waals surface area contributed by atoms with Gasteiger partial charge in [0.05, 0.1) is 5.41 Å². The molecule has 92 valence electrons. The van der Waals surface area contributed by atoms with Crippen LogP contribution in [0.5, 0.6) is 5.75 Å². The van der Waals surface area contributed by atoms with Crippen molar-refractivity contribution in [1.29, 1.82) is 0 Å². The highest BCUT2D eigenvalue weighted by Crippen LogP contribution is 2.46. The summed E-state index contributed by atoms with van der Waals surface area (Å²) < 4.78 is 13.9. The minimum atomic E-state index is -1.25. The molecular formula is C13H15FO3. The van der Waals surface area contributed by atoms with E-state index in [9.17, 15) is 19.4 Å². The molecule has 0 atom stereocenters. The van der Waals surface area contributed by atoms with Crippen LogP contribution in [-0.2, 0) is 10.2 Å². The van der Waals surface area contributed by atoms with E-state index in [2.05, 4.69) is 0 Å². The number of halogens is 1. The Hall–Kier alpha value is -1.58. The van der Waals surface area contributed by atoms with E-state index in [1.54, 1.807) is 6.92 Å². The van der Waals surface area contributed by atoms with E-state index in [1.807, 2.05) is 0 Å². The van der Waals surface area contributed by atoms with E-state index in [0.717, 1.165) is 12.8 Å². The van der Waals surface area contributed by atoms with Gasteiger partial charge in [-0.15, -0.1) is 0 Å². The molecule has 0 heterocycles. The Bertz CT molecular complexity index is 462. The molecule has 1 saturated carbocycles. The van der Waals surface area contributed by atoms with Crippen molar-refractivity contribution >= 4 is 5.97 Å². The zero-order valence-electron chi connectivity index (χ0n) is 9.66. The molecule has 0 spiro atoms. The molecule has 17 heavy (non-hydrogen) atoms. The van der Waals surface area contributed by atoms with Crippen molar-refractivity contribution in [2.24, 2.45) is 0 Å². The van der Waals surface area contributed by atoms with E-state index in [4.69, 9.17) is 0 Å². The Morgan fingerprint density at radius 3 is 2.47 bits per heavy atom. The summed E-state index contributed by atoms with van der Waals surface area (Å²) in [7, 11) is 0. The van der Waals surface area contributed by atoms with Crippen LogP contribution in [0.3, 0.4) is 0 Å². The fourth-order valence-corrected chi connectivity index (χ4v) is 2.68. The largest absolute Gasteiger partial charge is 0.507 e. The number of aromatic hydroxyl groups is 1. The third kappa shape index (κ3) is 1.68. The molecule has 1 aliphatic carbocycles. The lowest BCUT2D eigenvalue weighted by molar-refractivity contribution is -0.143. The number of hydrogen-bond acceptors (Lipinski definition) is 2. The third-order valence-electron chi connectivity index (χ3n) is 3.67. The first-order chi connectivity index (χ1) is 7.99. The van der Waals surface area contributed by atoms with Crippen LogP contribution < -0.4 is 0 Å². The zero-order chi connectivity index (χ0) is 12.6. The maximum atomic E-state index is 13.9. The van der Waals surface area contributed by atoms with Gasteiger partial charge >= 0.3 is 5.97 Å². The van der Waals surface area contributed by atoms with E-state index < -0.39 is 17.2 Å². The second-order valence-corrected chi connectivity index (χ2v) is 4.68. The first-order valence-corrected chi connectivity index (χ1v) is 5.71. The molecule has 4 heteroatoms. The first-order valence-electron chi connectivity index (χ1n) is 5.71. The molecule has 2 rings (SSSR count). The summed E-state index contributed by atoms with van der Waals surface area (Å²) in [5.74, 6) is -1.89. The summed E-state index contributed by atoms with van der Waals surface area (Å²) in [6.45, 7) is 1.64. The normalized spacial score (nSPS) is 18.2. The van der Waals surface area contributed by atoms with Gasteiger partial charge in [0, 0.05) is 5.56 Å². The number of phenolic OH excluding ortho intramolecular Hbond substituents is 1. The standard InChI is InChI=1S/C13H15FO3/c1-8-4-5-9(14)10(11(8)15)13(12(16)17)6-2-3-7-13/h4-5,15H,2-3,6-7H2,1H3,(H,16,17). The molecule has 2 N–H and O–H groups in total. The highest BCUT2D eigenvalue weighted by Gasteiger charge is 2.46. The summed E-state index contributed by atoms with van der Waals surface area (Å²) in [6, 6.07) is 2.69. The maximum Gasteiger partial charge on any atom is 0.314 e. The van der Waals surface area contributed by atoms with Gasteiger partial charge in [-0.3, -0.25) is 4.79 Å². The van der Waals surface area contributed by atoms with E-state index >= 15 is 0 Å². The fraction of sp³-hybridized carbons (Fsp3) is 0.462. The first kappa shape index (κ1) is 11.9. The molecule has 0 unspecified atom stereocenters. The summed E-state index contributed by atoms with van der Waals surface area (Å²) in [6.07, 6.45) is 2.27. The number of phenols is 1. The Morgan fingerprint density at radius 2 is 1.94 bits per heavy atom. The number of aryl methyl sites for hydroxylation is 1. The number of hydrogen-bond donors (Lipinski definition) is 2. The second-order valence-electron chi connectivity index (χ2n) is 4.68. The lowest BCUT2D eigenvalue weighted by Crippen LogP contribution is -2.33. The molecule has 0 bridgehead atoms. The predicted molar refractivity (Wildman–Crippen MR) is 60.6 cm³/mol. The van der Waals surface area contributed by atoms with Gasteiger partial charge in [-0.1, -0.05) is 18.9 Å². The van der Waals surface area contributed by atoms with Crippen LogP contribution in [0.15, 0.2) is 12.1 Å². The van der Waals surface area contributed by atoms with Crippen molar-refractivity contribution < 1.29 is 19.4 Å². The van der Waals surface area contributed by atoms with Crippen LogP contribution in [0, 0.1) is 12.7 Å². The van der Waals surface area contributed by atoms with Crippen LogP contribution in [0.25, 0.3) is 0 Å². The molecular weight excluding hydrogens is 223 g/mol. The Kier molecular flexibility index (Phi) is 2.81. The SMILES string of the molecule is Cc1ccc(F)c(C2(C(=O)O)CCCC2)c1O. The third-order valence-corrected chi connectivity index (χ3v) is 3.67. The zero-order valence-corrected chi connectivity index (χ0v) is 9.66. The number of carbonyl (C=O) groups is 1. The van der Waals surface area contributed by atoms with Gasteiger partial charge in [0.15, 0.2) is 0 Å². The van der Waals surface area contributed by atoms with Crippen LogP contribution in [0.2, 0.25) is 0 Å². The molecule has 0 saturated heterocycles. The number of carboxylic acid groups (broad SMARTS) is 1. The van der Waals surface area contributed by atoms with Gasteiger partial charge in [-0.25, -0.2) is 4.39 Å². The quantitative estimate of drug-likeness (QED) is 0.832. The minimum Gasteiger partial charge on any atom is -0.507 e. The number of aliphatic carboxylic acids is 1. The number of benzene rings is 1. The summed E-state index contributed by atoms with van der Waals surface area (Å²) in [5.41, 5.74) is -0.781. The highest BCUT2D eigenvalue weighted by atomic mass is 19.1. The summed E-state index contributed by atoms with van der Waals surface area (Å²) >= 11 is 0. The van der Waals surface area contributed by atoms with Crippen molar-refractivity contribution in [3.63, 3.8) is 0 Å². The molecule has 0 radical (unpaired) electrons. The van der Waals surface area contributed by atoms with Gasteiger partial charge < -0.3 is 10.2 Å². The lowest BCUT2D eigenvalue weighted by atomic mass is 9.77. The van der Waals surface area contributed by atoms with Gasteiger partial charge in [-0.2, -0.15) is 0 Å². The van der Waals surface area contributed by atoms with Crippen LogP contribution in [0.1, 0.15) is 36.8 Å². The second kappa shape index (κ2) is 4.02. The molecule has 3 nitrogen and oxygen atoms in total.